The van der Waals surface area contributed by atoms with Crippen molar-refractivity contribution in [1.29, 1.82) is 0 Å². The summed E-state index contributed by atoms with van der Waals surface area (Å²) >= 11 is 10.1. The van der Waals surface area contributed by atoms with Crippen LogP contribution in [0, 0.1) is 0 Å². The van der Waals surface area contributed by atoms with E-state index in [0.29, 0.717) is 5.02 Å². The Morgan fingerprint density at radius 2 is 2.23 bits per heavy atom. The van der Waals surface area contributed by atoms with Crippen molar-refractivity contribution in [2.45, 2.75) is 4.90 Å². The first-order chi connectivity index (χ1) is 5.95. The van der Waals surface area contributed by atoms with E-state index in [4.69, 9.17) is 20.9 Å². The zero-order valence-corrected chi connectivity index (χ0v) is 9.08. The molecule has 1 aromatic rings. The summed E-state index contributed by atoms with van der Waals surface area (Å²) in [6.45, 7) is 0. The van der Waals surface area contributed by atoms with Crippen molar-refractivity contribution in [3.05, 3.63) is 23.2 Å². The standard InChI is InChI=1S/C7H7ClO3S2/c1-11-6-3-2-5(8)4-7(6)13(9,10)12/h2-4H,1H3,(H,9,10,12). The monoisotopic (exact) mass is 238 g/mol. The largest absolute Gasteiger partial charge is 0.495 e. The highest BCUT2D eigenvalue weighted by Crippen LogP contribution is 2.26. The molecule has 0 aliphatic carbocycles. The van der Waals surface area contributed by atoms with Gasteiger partial charge in [-0.05, 0) is 18.2 Å². The lowest BCUT2D eigenvalue weighted by atomic mass is 10.3. The Hall–Kier alpha value is -0.360. The number of hydrogen-bond acceptors (Lipinski definition) is 3. The lowest BCUT2D eigenvalue weighted by Crippen LogP contribution is -1.99. The fourth-order valence-corrected chi connectivity index (χ4v) is 2.16. The average Bonchev–Trinajstić information content (AvgIpc) is 2.03. The van der Waals surface area contributed by atoms with E-state index >= 15 is 0 Å². The number of methoxy groups -OCH3 is 1. The molecule has 1 N–H and O–H groups in total. The molecule has 0 heterocycles. The van der Waals surface area contributed by atoms with Crippen LogP contribution in [-0.4, -0.2) is 15.9 Å². The first-order valence-corrected chi connectivity index (χ1v) is 6.08. The molecule has 0 saturated carbocycles. The number of benzene rings is 1. The quantitative estimate of drug-likeness (QED) is 0.855. The number of ether oxygens (including phenoxy) is 1. The smallest absolute Gasteiger partial charge is 0.174 e. The van der Waals surface area contributed by atoms with Crippen molar-refractivity contribution in [3.8, 4) is 5.75 Å². The molecule has 72 valence electrons. The molecule has 1 unspecified atom stereocenters. The van der Waals surface area contributed by atoms with Crippen LogP contribution in [0.1, 0.15) is 0 Å². The molecule has 0 amide bonds. The molecule has 0 saturated heterocycles. The predicted molar refractivity (Wildman–Crippen MR) is 54.4 cm³/mol. The second-order valence-corrected chi connectivity index (χ2v) is 5.45. The summed E-state index contributed by atoms with van der Waals surface area (Å²) in [5.41, 5.74) is 0. The van der Waals surface area contributed by atoms with E-state index in [0.717, 1.165) is 0 Å². The molecule has 0 aromatic heterocycles. The summed E-state index contributed by atoms with van der Waals surface area (Å²) in [7, 11) is -2.05. The molecule has 13 heavy (non-hydrogen) atoms. The second kappa shape index (κ2) is 3.79. The Morgan fingerprint density at radius 1 is 1.62 bits per heavy atom. The lowest BCUT2D eigenvalue weighted by Gasteiger charge is -2.06. The summed E-state index contributed by atoms with van der Waals surface area (Å²) < 4.78 is 25.1. The third kappa shape index (κ3) is 2.54. The molecule has 0 radical (unpaired) electrons. The topological polar surface area (TPSA) is 46.5 Å². The van der Waals surface area contributed by atoms with Crippen molar-refractivity contribution in [2.75, 3.05) is 7.11 Å². The van der Waals surface area contributed by atoms with Gasteiger partial charge in [-0.25, -0.2) is 4.21 Å². The van der Waals surface area contributed by atoms with E-state index in [1.807, 2.05) is 0 Å². The molecular weight excluding hydrogens is 232 g/mol. The van der Waals surface area contributed by atoms with Crippen molar-refractivity contribution in [1.82, 2.24) is 0 Å². The average molecular weight is 239 g/mol. The SMILES string of the molecule is COc1ccc(Cl)cc1S(=O)(O)=S. The van der Waals surface area contributed by atoms with Crippen molar-refractivity contribution in [2.24, 2.45) is 0 Å². The van der Waals surface area contributed by atoms with E-state index in [1.54, 1.807) is 6.07 Å². The van der Waals surface area contributed by atoms with Crippen LogP contribution in [0.2, 0.25) is 5.02 Å². The minimum Gasteiger partial charge on any atom is -0.495 e. The molecular formula is C7H7ClO3S2. The highest BCUT2D eigenvalue weighted by atomic mass is 35.5. The Bertz CT molecular complexity index is 414. The lowest BCUT2D eigenvalue weighted by molar-refractivity contribution is 0.402. The van der Waals surface area contributed by atoms with Gasteiger partial charge in [0.25, 0.3) is 0 Å². The molecule has 6 heteroatoms. The van der Waals surface area contributed by atoms with Gasteiger partial charge in [0.15, 0.2) is 8.77 Å². The maximum Gasteiger partial charge on any atom is 0.174 e. The van der Waals surface area contributed by atoms with E-state index < -0.39 is 8.77 Å². The normalized spacial score (nSPS) is 15.0. The van der Waals surface area contributed by atoms with Crippen molar-refractivity contribution in [3.63, 3.8) is 0 Å². The maximum atomic E-state index is 11.2. The van der Waals surface area contributed by atoms with Gasteiger partial charge in [0.1, 0.15) is 10.6 Å². The maximum absolute atomic E-state index is 11.2. The summed E-state index contributed by atoms with van der Waals surface area (Å²) in [4.78, 5) is 0.0394. The molecule has 0 bridgehead atoms. The highest BCUT2D eigenvalue weighted by molar-refractivity contribution is 8.29. The molecule has 3 nitrogen and oxygen atoms in total. The van der Waals surface area contributed by atoms with Gasteiger partial charge in [-0.3, -0.25) is 0 Å². The molecule has 0 aliphatic heterocycles. The number of rotatable bonds is 2. The van der Waals surface area contributed by atoms with Gasteiger partial charge in [0.05, 0.1) is 7.11 Å². The fourth-order valence-electron chi connectivity index (χ4n) is 0.852. The Morgan fingerprint density at radius 3 is 2.69 bits per heavy atom. The van der Waals surface area contributed by atoms with Gasteiger partial charge in [0.2, 0.25) is 0 Å². The summed E-state index contributed by atoms with van der Waals surface area (Å²) in [5, 5.41) is 0.349. The van der Waals surface area contributed by atoms with Crippen LogP contribution in [0.4, 0.5) is 0 Å². The van der Waals surface area contributed by atoms with Gasteiger partial charge in [-0.2, -0.15) is 0 Å². The number of hydrogen-bond donors (Lipinski definition) is 1. The molecule has 0 aliphatic rings. The van der Waals surface area contributed by atoms with Crippen LogP contribution in [0.3, 0.4) is 0 Å². The molecule has 1 rings (SSSR count). The van der Waals surface area contributed by atoms with Gasteiger partial charge < -0.3 is 9.29 Å². The zero-order chi connectivity index (χ0) is 10.1. The van der Waals surface area contributed by atoms with Crippen LogP contribution in [-0.2, 0) is 20.0 Å². The third-order valence-electron chi connectivity index (χ3n) is 1.40. The van der Waals surface area contributed by atoms with E-state index in [1.165, 1.54) is 19.2 Å². The first-order valence-electron chi connectivity index (χ1n) is 3.26. The minimum atomic E-state index is -3.44. The zero-order valence-electron chi connectivity index (χ0n) is 6.69. The van der Waals surface area contributed by atoms with E-state index in [-0.39, 0.29) is 10.6 Å². The van der Waals surface area contributed by atoms with Crippen molar-refractivity contribution < 1.29 is 13.5 Å². The summed E-state index contributed by atoms with van der Waals surface area (Å²) in [5.74, 6) is 0.270. The number of halogens is 1. The summed E-state index contributed by atoms with van der Waals surface area (Å²) in [6.07, 6.45) is 0. The van der Waals surface area contributed by atoms with Crippen LogP contribution in [0.5, 0.6) is 5.75 Å². The van der Waals surface area contributed by atoms with E-state index in [9.17, 15) is 4.21 Å². The third-order valence-corrected chi connectivity index (χ3v) is 3.05. The van der Waals surface area contributed by atoms with Crippen LogP contribution in [0.15, 0.2) is 23.1 Å². The van der Waals surface area contributed by atoms with Crippen LogP contribution in [0.25, 0.3) is 0 Å². The van der Waals surface area contributed by atoms with Gasteiger partial charge in [0, 0.05) is 16.2 Å². The molecule has 1 atom stereocenters. The second-order valence-electron chi connectivity index (χ2n) is 2.27. The van der Waals surface area contributed by atoms with E-state index in [2.05, 4.69) is 11.2 Å². The van der Waals surface area contributed by atoms with Crippen LogP contribution < -0.4 is 4.74 Å². The molecule has 0 fully saturated rings. The summed E-state index contributed by atoms with van der Waals surface area (Å²) in [6, 6.07) is 4.39. The minimum absolute atomic E-state index is 0.0394. The van der Waals surface area contributed by atoms with Crippen LogP contribution >= 0.6 is 11.6 Å². The predicted octanol–water partition coefficient (Wildman–Crippen LogP) is 1.93. The fraction of sp³-hybridized carbons (Fsp3) is 0.143. The Balaban J connectivity index is 3.41. The Labute approximate surface area is 86.2 Å². The molecule has 1 aromatic carbocycles. The molecule has 0 spiro atoms. The Kier molecular flexibility index (Phi) is 3.13. The highest BCUT2D eigenvalue weighted by Gasteiger charge is 2.12. The van der Waals surface area contributed by atoms with Gasteiger partial charge >= 0.3 is 0 Å². The van der Waals surface area contributed by atoms with Crippen molar-refractivity contribution >= 4 is 31.6 Å². The van der Waals surface area contributed by atoms with Gasteiger partial charge in [-0.1, -0.05) is 11.6 Å². The van der Waals surface area contributed by atoms with Gasteiger partial charge in [-0.15, -0.1) is 0 Å². The first kappa shape index (κ1) is 10.7.